The summed E-state index contributed by atoms with van der Waals surface area (Å²) in [5.41, 5.74) is 10.1. The number of nitrogens with one attached hydrogen (secondary N) is 2. The van der Waals surface area contributed by atoms with Crippen molar-refractivity contribution in [3.8, 4) is 5.95 Å². The smallest absolute Gasteiger partial charge is 0.350 e. The number of carbonyl (C=O) groups is 1. The zero-order chi connectivity index (χ0) is 27.7. The highest BCUT2D eigenvalue weighted by Crippen LogP contribution is 2.28. The molecule has 11 nitrogen and oxygen atoms in total. The summed E-state index contributed by atoms with van der Waals surface area (Å²) in [5, 5.41) is 19.6. The first-order chi connectivity index (χ1) is 18.2. The molecule has 0 saturated heterocycles. The van der Waals surface area contributed by atoms with Crippen molar-refractivity contribution in [2.45, 2.75) is 39.2 Å². The monoisotopic (exact) mass is 517 g/mol. The Labute approximate surface area is 219 Å². The number of aliphatic carboxylic acids is 1. The molecule has 0 radical (unpaired) electrons. The second kappa shape index (κ2) is 13.1. The second-order valence-electron chi connectivity index (χ2n) is 8.53. The molecule has 198 valence electrons. The van der Waals surface area contributed by atoms with Crippen LogP contribution in [0.25, 0.3) is 5.95 Å². The Bertz CT molecular complexity index is 1430. The summed E-state index contributed by atoms with van der Waals surface area (Å²) in [6.45, 7) is 3.68. The van der Waals surface area contributed by atoms with Crippen LogP contribution < -0.4 is 11.4 Å². The molecule has 0 aliphatic heterocycles. The summed E-state index contributed by atoms with van der Waals surface area (Å²) in [7, 11) is 1.67. The lowest BCUT2D eigenvalue weighted by Gasteiger charge is -2.18. The van der Waals surface area contributed by atoms with E-state index in [1.165, 1.54) is 10.2 Å². The Morgan fingerprint density at radius 3 is 2.34 bits per heavy atom. The van der Waals surface area contributed by atoms with Gasteiger partial charge in [0.1, 0.15) is 11.7 Å². The average Bonchev–Trinajstić information content (AvgIpc) is 3.28. The minimum Gasteiger partial charge on any atom is -0.481 e. The Kier molecular flexibility index (Phi) is 9.60. The van der Waals surface area contributed by atoms with Crippen LogP contribution in [0.15, 0.2) is 65.7 Å². The average molecular weight is 518 g/mol. The van der Waals surface area contributed by atoms with E-state index in [0.29, 0.717) is 24.4 Å². The summed E-state index contributed by atoms with van der Waals surface area (Å²) in [6, 6.07) is 15.6. The second-order valence-corrected chi connectivity index (χ2v) is 8.53. The van der Waals surface area contributed by atoms with Gasteiger partial charge < -0.3 is 15.6 Å². The van der Waals surface area contributed by atoms with E-state index in [2.05, 4.69) is 45.2 Å². The molecule has 2 aromatic heterocycles. The highest BCUT2D eigenvalue weighted by Gasteiger charge is 2.22. The number of carboxylic acid groups (broad SMARTS) is 1. The fraction of sp³-hybridized carbons (Fsp3) is 0.259. The van der Waals surface area contributed by atoms with E-state index in [-0.39, 0.29) is 17.7 Å². The number of aromatic amines is 1. The maximum absolute atomic E-state index is 12.7. The van der Waals surface area contributed by atoms with E-state index in [4.69, 9.17) is 25.8 Å². The molecule has 5 N–H and O–H groups in total. The number of methoxy groups -OCH3 is 1. The van der Waals surface area contributed by atoms with Gasteiger partial charge in [-0.05, 0) is 41.2 Å². The third kappa shape index (κ3) is 7.43. The van der Waals surface area contributed by atoms with Gasteiger partial charge in [-0.2, -0.15) is 0 Å². The van der Waals surface area contributed by atoms with Gasteiger partial charge in [0.05, 0.1) is 6.61 Å². The number of hydrogen-bond acceptors (Lipinski definition) is 7. The molecule has 4 aromatic rings. The van der Waals surface area contributed by atoms with Gasteiger partial charge in [0.25, 0.3) is 11.9 Å². The first-order valence-corrected chi connectivity index (χ1v) is 11.9. The summed E-state index contributed by atoms with van der Waals surface area (Å²) >= 11 is 0. The molecular formula is C27H31N7O4. The lowest BCUT2D eigenvalue weighted by molar-refractivity contribution is -0.134. The molecule has 4 rings (SSSR count). The van der Waals surface area contributed by atoms with Gasteiger partial charge in [-0.1, -0.05) is 49.4 Å². The number of amidine groups is 1. The lowest BCUT2D eigenvalue weighted by Crippen LogP contribution is -2.18. The predicted octanol–water partition coefficient (Wildman–Crippen LogP) is 2.81. The predicted molar refractivity (Wildman–Crippen MR) is 143 cm³/mol. The highest BCUT2D eigenvalue weighted by atomic mass is 16.5. The number of carboxylic acids is 1. The fourth-order valence-electron chi connectivity index (χ4n) is 3.91. The SMILES string of the molecule is CC(=O)O.CCc1cc(COC)cc(C(Cc2ccc(C(=N)N)cc2)c2nn(-c3ncccn3)c(=O)[nH]2)c1. The van der Waals surface area contributed by atoms with Crippen molar-refractivity contribution in [3.05, 3.63) is 105 Å². The van der Waals surface area contributed by atoms with Crippen LogP contribution in [0.2, 0.25) is 0 Å². The van der Waals surface area contributed by atoms with Crippen LogP contribution in [-0.2, 0) is 29.0 Å². The van der Waals surface area contributed by atoms with Crippen molar-refractivity contribution < 1.29 is 14.6 Å². The number of nitrogens with two attached hydrogens (primary N) is 1. The number of nitrogen functional groups attached to an aromatic ring is 1. The standard InChI is InChI=1S/C25H27N7O2.C2H4O2/c1-3-16-11-18(15-34-2)13-20(12-16)21(14-17-5-7-19(8-6-17)22(26)27)23-30-25(33)32(31-23)24-28-9-4-10-29-24;1-2(3)4/h4-13,21H,3,14-15H2,1-2H3,(H3,26,27)(H,30,31,33);1H3,(H,3,4). The topological polar surface area (TPSA) is 173 Å². The van der Waals surface area contributed by atoms with Crippen molar-refractivity contribution in [1.82, 2.24) is 24.7 Å². The van der Waals surface area contributed by atoms with Gasteiger partial charge in [0.2, 0.25) is 0 Å². The number of nitrogens with zero attached hydrogens (tertiary/aromatic N) is 4. The Morgan fingerprint density at radius 1 is 1.13 bits per heavy atom. The first kappa shape index (κ1) is 27.9. The maximum Gasteiger partial charge on any atom is 0.350 e. The number of aromatic nitrogens is 5. The molecule has 1 unspecified atom stereocenters. The minimum atomic E-state index is -0.833. The van der Waals surface area contributed by atoms with Crippen LogP contribution in [0.1, 0.15) is 53.4 Å². The Balaban J connectivity index is 0.000000934. The molecule has 0 bridgehead atoms. The number of hydrogen-bond donors (Lipinski definition) is 4. The molecule has 0 amide bonds. The molecule has 0 saturated carbocycles. The van der Waals surface area contributed by atoms with Crippen LogP contribution in [0.4, 0.5) is 0 Å². The van der Waals surface area contributed by atoms with E-state index in [9.17, 15) is 4.79 Å². The zero-order valence-corrected chi connectivity index (χ0v) is 21.5. The highest BCUT2D eigenvalue weighted by molar-refractivity contribution is 5.94. The number of rotatable bonds is 9. The molecule has 1 atom stereocenters. The zero-order valence-electron chi connectivity index (χ0n) is 21.5. The van der Waals surface area contributed by atoms with Crippen LogP contribution in [0.5, 0.6) is 0 Å². The van der Waals surface area contributed by atoms with E-state index in [0.717, 1.165) is 30.0 Å². The summed E-state index contributed by atoms with van der Waals surface area (Å²) in [5.74, 6) is -0.316. The third-order valence-electron chi connectivity index (χ3n) is 5.61. The van der Waals surface area contributed by atoms with Crippen LogP contribution in [0, 0.1) is 5.41 Å². The Hall–Kier alpha value is -4.64. The number of benzene rings is 2. The van der Waals surface area contributed by atoms with Gasteiger partial charge in [0, 0.05) is 37.9 Å². The van der Waals surface area contributed by atoms with Crippen molar-refractivity contribution in [2.75, 3.05) is 7.11 Å². The summed E-state index contributed by atoms with van der Waals surface area (Å²) < 4.78 is 6.56. The normalized spacial score (nSPS) is 11.3. The van der Waals surface area contributed by atoms with Gasteiger partial charge in [-0.25, -0.2) is 14.8 Å². The van der Waals surface area contributed by atoms with E-state index in [1.807, 2.05) is 24.3 Å². The number of aryl methyl sites for hydroxylation is 1. The molecule has 2 heterocycles. The van der Waals surface area contributed by atoms with Crippen molar-refractivity contribution in [2.24, 2.45) is 5.73 Å². The molecule has 0 spiro atoms. The van der Waals surface area contributed by atoms with Crippen LogP contribution in [-0.4, -0.2) is 48.8 Å². The number of H-pyrrole nitrogens is 1. The first-order valence-electron chi connectivity index (χ1n) is 11.9. The minimum absolute atomic E-state index is 0.0221. The van der Waals surface area contributed by atoms with Crippen LogP contribution in [0.3, 0.4) is 0 Å². The fourth-order valence-corrected chi connectivity index (χ4v) is 3.91. The van der Waals surface area contributed by atoms with Crippen molar-refractivity contribution in [1.29, 1.82) is 5.41 Å². The molecule has 0 aliphatic carbocycles. The third-order valence-corrected chi connectivity index (χ3v) is 5.61. The lowest BCUT2D eigenvalue weighted by atomic mass is 9.88. The molecule has 38 heavy (non-hydrogen) atoms. The van der Waals surface area contributed by atoms with E-state index < -0.39 is 11.7 Å². The summed E-state index contributed by atoms with van der Waals surface area (Å²) in [6.07, 6.45) is 4.59. The molecule has 0 aliphatic rings. The quantitative estimate of drug-likeness (QED) is 0.194. The van der Waals surface area contributed by atoms with Gasteiger partial charge in [-0.15, -0.1) is 9.78 Å². The maximum atomic E-state index is 12.7. The Morgan fingerprint density at radius 2 is 1.76 bits per heavy atom. The summed E-state index contributed by atoms with van der Waals surface area (Å²) in [4.78, 5) is 33.0. The molecule has 2 aromatic carbocycles. The van der Waals surface area contributed by atoms with Crippen LogP contribution >= 0.6 is 0 Å². The van der Waals surface area contributed by atoms with Crippen molar-refractivity contribution in [3.63, 3.8) is 0 Å². The number of ether oxygens (including phenoxy) is 1. The van der Waals surface area contributed by atoms with E-state index >= 15 is 0 Å². The molecular weight excluding hydrogens is 486 g/mol. The molecule has 11 heteroatoms. The molecule has 0 fully saturated rings. The van der Waals surface area contributed by atoms with Gasteiger partial charge >= 0.3 is 5.69 Å². The van der Waals surface area contributed by atoms with E-state index in [1.54, 1.807) is 25.6 Å². The van der Waals surface area contributed by atoms with Gasteiger partial charge in [0.15, 0.2) is 0 Å². The largest absolute Gasteiger partial charge is 0.481 e. The van der Waals surface area contributed by atoms with Crippen molar-refractivity contribution >= 4 is 11.8 Å². The van der Waals surface area contributed by atoms with Gasteiger partial charge in [-0.3, -0.25) is 15.2 Å².